The Balaban J connectivity index is 1.83. The highest BCUT2D eigenvalue weighted by molar-refractivity contribution is 7.08. The molecule has 0 unspecified atom stereocenters. The van der Waals surface area contributed by atoms with Crippen LogP contribution in [-0.2, 0) is 4.74 Å². The normalized spacial score (nSPS) is 16.1. The Bertz CT molecular complexity index is 490. The lowest BCUT2D eigenvalue weighted by Crippen LogP contribution is -2.46. The van der Waals surface area contributed by atoms with Gasteiger partial charge in [0.15, 0.2) is 0 Å². The topological polar surface area (TPSA) is 67.4 Å². The molecule has 1 aromatic heterocycles. The van der Waals surface area contributed by atoms with Gasteiger partial charge in [0.1, 0.15) is 5.60 Å². The summed E-state index contributed by atoms with van der Waals surface area (Å²) in [6.45, 7) is 5.87. The molecular weight excluding hydrogens is 288 g/mol. The first-order chi connectivity index (χ1) is 9.85. The van der Waals surface area contributed by atoms with E-state index >= 15 is 0 Å². The summed E-state index contributed by atoms with van der Waals surface area (Å²) in [5.41, 5.74) is 0.155. The Hall–Kier alpha value is -1.56. The quantitative estimate of drug-likeness (QED) is 0.879. The fourth-order valence-corrected chi connectivity index (χ4v) is 2.62. The molecule has 21 heavy (non-hydrogen) atoms. The molecule has 0 saturated heterocycles. The van der Waals surface area contributed by atoms with Crippen LogP contribution in [0.5, 0.6) is 0 Å². The summed E-state index contributed by atoms with van der Waals surface area (Å²) in [5, 5.41) is 9.43. The number of hydrogen-bond donors (Lipinski definition) is 2. The van der Waals surface area contributed by atoms with Gasteiger partial charge in [0.25, 0.3) is 5.91 Å². The second-order valence-corrected chi connectivity index (χ2v) is 7.09. The van der Waals surface area contributed by atoms with E-state index in [0.29, 0.717) is 18.0 Å². The summed E-state index contributed by atoms with van der Waals surface area (Å²) < 4.78 is 5.20. The summed E-state index contributed by atoms with van der Waals surface area (Å²) in [7, 11) is 0. The van der Waals surface area contributed by atoms with Crippen LogP contribution in [0.1, 0.15) is 44.0 Å². The minimum absolute atomic E-state index is 0.0371. The largest absolute Gasteiger partial charge is 0.444 e. The molecule has 1 heterocycles. The highest BCUT2D eigenvalue weighted by Gasteiger charge is 2.33. The van der Waals surface area contributed by atoms with E-state index in [1.54, 1.807) is 6.07 Å². The second kappa shape index (κ2) is 6.47. The minimum Gasteiger partial charge on any atom is -0.444 e. The molecule has 0 spiro atoms. The monoisotopic (exact) mass is 310 g/mol. The molecule has 1 aliphatic rings. The van der Waals surface area contributed by atoms with E-state index in [9.17, 15) is 9.59 Å². The maximum Gasteiger partial charge on any atom is 0.407 e. The molecule has 2 N–H and O–H groups in total. The molecule has 1 aliphatic carbocycles. The molecule has 2 rings (SSSR count). The van der Waals surface area contributed by atoms with E-state index in [1.165, 1.54) is 11.3 Å². The number of carbonyl (C=O) groups excluding carboxylic acids is 2. The number of rotatable bonds is 5. The van der Waals surface area contributed by atoms with Crippen molar-refractivity contribution in [2.75, 3.05) is 6.54 Å². The number of alkyl carbamates (subject to hydrolysis) is 1. The Kier molecular flexibility index (Phi) is 4.88. The van der Waals surface area contributed by atoms with Gasteiger partial charge in [-0.25, -0.2) is 4.79 Å². The van der Waals surface area contributed by atoms with Crippen molar-refractivity contribution in [2.45, 2.75) is 45.3 Å². The number of hydrogen-bond acceptors (Lipinski definition) is 4. The highest BCUT2D eigenvalue weighted by Crippen LogP contribution is 2.32. The van der Waals surface area contributed by atoms with E-state index in [1.807, 2.05) is 31.5 Å². The van der Waals surface area contributed by atoms with Crippen LogP contribution < -0.4 is 10.6 Å². The zero-order chi connectivity index (χ0) is 15.5. The summed E-state index contributed by atoms with van der Waals surface area (Å²) in [6, 6.07) is 1.76. The third-order valence-corrected chi connectivity index (χ3v) is 3.84. The van der Waals surface area contributed by atoms with Gasteiger partial charge >= 0.3 is 6.09 Å². The van der Waals surface area contributed by atoms with Gasteiger partial charge in [0.05, 0.1) is 0 Å². The molecule has 1 atom stereocenters. The predicted molar refractivity (Wildman–Crippen MR) is 82.5 cm³/mol. The van der Waals surface area contributed by atoms with Gasteiger partial charge in [0.2, 0.25) is 0 Å². The average Bonchev–Trinajstić information content (AvgIpc) is 3.06. The van der Waals surface area contributed by atoms with Crippen LogP contribution in [0.3, 0.4) is 0 Å². The molecule has 1 saturated carbocycles. The van der Waals surface area contributed by atoms with Gasteiger partial charge in [-0.15, -0.1) is 0 Å². The Labute approximate surface area is 129 Å². The van der Waals surface area contributed by atoms with E-state index in [2.05, 4.69) is 10.6 Å². The van der Waals surface area contributed by atoms with Crippen LogP contribution in [0.2, 0.25) is 0 Å². The molecule has 6 heteroatoms. The molecule has 0 radical (unpaired) electrons. The number of amides is 2. The smallest absolute Gasteiger partial charge is 0.407 e. The Morgan fingerprint density at radius 3 is 2.67 bits per heavy atom. The lowest BCUT2D eigenvalue weighted by molar-refractivity contribution is 0.0518. The lowest BCUT2D eigenvalue weighted by atomic mass is 10.1. The van der Waals surface area contributed by atoms with E-state index in [-0.39, 0.29) is 11.9 Å². The first kappa shape index (κ1) is 15.8. The van der Waals surface area contributed by atoms with Gasteiger partial charge in [-0.2, -0.15) is 11.3 Å². The molecule has 0 aromatic carbocycles. The summed E-state index contributed by atoms with van der Waals surface area (Å²) >= 11 is 1.49. The van der Waals surface area contributed by atoms with Crippen molar-refractivity contribution in [2.24, 2.45) is 5.92 Å². The first-order valence-corrected chi connectivity index (χ1v) is 8.09. The molecule has 0 aliphatic heterocycles. The first-order valence-electron chi connectivity index (χ1n) is 7.15. The Morgan fingerprint density at radius 1 is 1.43 bits per heavy atom. The third kappa shape index (κ3) is 5.38. The standard InChI is InChI=1S/C15H22N2O3S/c1-15(2,3)20-14(19)16-8-12(10-4-5-10)17-13(18)11-6-7-21-9-11/h6-7,9-10,12H,4-5,8H2,1-3H3,(H,16,19)(H,17,18)/t12-/m0/s1. The molecule has 116 valence electrons. The van der Waals surface area contributed by atoms with Crippen molar-refractivity contribution in [3.8, 4) is 0 Å². The van der Waals surface area contributed by atoms with Gasteiger partial charge in [-0.05, 0) is 51.0 Å². The fourth-order valence-electron chi connectivity index (χ4n) is 1.99. The van der Waals surface area contributed by atoms with Gasteiger partial charge in [-0.1, -0.05) is 0 Å². The predicted octanol–water partition coefficient (Wildman–Crippen LogP) is 2.78. The van der Waals surface area contributed by atoms with Crippen molar-refractivity contribution in [1.29, 1.82) is 0 Å². The van der Waals surface area contributed by atoms with Gasteiger partial charge in [0, 0.05) is 23.5 Å². The molecule has 1 aromatic rings. The number of carbonyl (C=O) groups is 2. The summed E-state index contributed by atoms with van der Waals surface area (Å²) in [5.74, 6) is 0.363. The highest BCUT2D eigenvalue weighted by atomic mass is 32.1. The van der Waals surface area contributed by atoms with Crippen LogP contribution >= 0.6 is 11.3 Å². The summed E-state index contributed by atoms with van der Waals surface area (Å²) in [4.78, 5) is 23.7. The van der Waals surface area contributed by atoms with Crippen molar-refractivity contribution in [3.05, 3.63) is 22.4 Å². The van der Waals surface area contributed by atoms with Gasteiger partial charge in [-0.3, -0.25) is 4.79 Å². The number of nitrogens with one attached hydrogen (secondary N) is 2. The second-order valence-electron chi connectivity index (χ2n) is 6.31. The van der Waals surface area contributed by atoms with E-state index in [4.69, 9.17) is 4.74 Å². The van der Waals surface area contributed by atoms with E-state index < -0.39 is 11.7 Å². The maximum atomic E-state index is 12.1. The third-order valence-electron chi connectivity index (χ3n) is 3.16. The fraction of sp³-hybridized carbons (Fsp3) is 0.600. The molecule has 2 amide bonds. The SMILES string of the molecule is CC(C)(C)OC(=O)NC[C@H](NC(=O)c1ccsc1)C1CC1. The lowest BCUT2D eigenvalue weighted by Gasteiger charge is -2.22. The molecule has 5 nitrogen and oxygen atoms in total. The molecule has 0 bridgehead atoms. The van der Waals surface area contributed by atoms with Crippen LogP contribution in [-0.4, -0.2) is 30.2 Å². The van der Waals surface area contributed by atoms with Crippen molar-refractivity contribution in [3.63, 3.8) is 0 Å². The van der Waals surface area contributed by atoms with Crippen molar-refractivity contribution < 1.29 is 14.3 Å². The van der Waals surface area contributed by atoms with E-state index in [0.717, 1.165) is 12.8 Å². The zero-order valence-electron chi connectivity index (χ0n) is 12.6. The zero-order valence-corrected chi connectivity index (χ0v) is 13.5. The summed E-state index contributed by atoms with van der Waals surface area (Å²) in [6.07, 6.45) is 1.73. The van der Waals surface area contributed by atoms with Crippen LogP contribution in [0.25, 0.3) is 0 Å². The number of thiophene rings is 1. The Morgan fingerprint density at radius 2 is 2.14 bits per heavy atom. The van der Waals surface area contributed by atoms with Crippen molar-refractivity contribution >= 4 is 23.3 Å². The average molecular weight is 310 g/mol. The van der Waals surface area contributed by atoms with Crippen LogP contribution in [0, 0.1) is 5.92 Å². The van der Waals surface area contributed by atoms with Crippen molar-refractivity contribution in [1.82, 2.24) is 10.6 Å². The van der Waals surface area contributed by atoms with Crippen LogP contribution in [0.15, 0.2) is 16.8 Å². The van der Waals surface area contributed by atoms with Gasteiger partial charge < -0.3 is 15.4 Å². The molecular formula is C15H22N2O3S. The van der Waals surface area contributed by atoms with Crippen LogP contribution in [0.4, 0.5) is 4.79 Å². The molecule has 1 fully saturated rings. The number of ether oxygens (including phenoxy) is 1. The maximum absolute atomic E-state index is 12.1. The minimum atomic E-state index is -0.515.